The molecule has 3 heteroatoms. The van der Waals surface area contributed by atoms with E-state index in [0.29, 0.717) is 5.92 Å². The number of carbonyl (C=O) groups is 1. The zero-order chi connectivity index (χ0) is 9.31. The third kappa shape index (κ3) is 1.70. The quantitative estimate of drug-likeness (QED) is 0.625. The molecule has 0 aromatic heterocycles. The van der Waals surface area contributed by atoms with E-state index >= 15 is 0 Å². The Morgan fingerprint density at radius 3 is 2.62 bits per heavy atom. The van der Waals surface area contributed by atoms with Gasteiger partial charge in [0.25, 0.3) is 0 Å². The maximum atomic E-state index is 11.2. The highest BCUT2D eigenvalue weighted by molar-refractivity contribution is 5.79. The lowest BCUT2D eigenvalue weighted by molar-refractivity contribution is -0.120. The van der Waals surface area contributed by atoms with Gasteiger partial charge in [-0.25, -0.2) is 0 Å². The second-order valence-electron chi connectivity index (χ2n) is 4.49. The molecular formula is C10H18N2O. The highest BCUT2D eigenvalue weighted by Gasteiger charge is 2.40. The van der Waals surface area contributed by atoms with Crippen molar-refractivity contribution in [2.24, 2.45) is 5.92 Å². The van der Waals surface area contributed by atoms with E-state index < -0.39 is 0 Å². The third-order valence-electron chi connectivity index (χ3n) is 3.54. The minimum absolute atomic E-state index is 0.0964. The first-order valence-electron chi connectivity index (χ1n) is 5.22. The monoisotopic (exact) mass is 182 g/mol. The van der Waals surface area contributed by atoms with Gasteiger partial charge in [0.2, 0.25) is 5.91 Å². The Bertz CT molecular complexity index is 211. The highest BCUT2D eigenvalue weighted by Crippen LogP contribution is 2.33. The van der Waals surface area contributed by atoms with Gasteiger partial charge in [0.15, 0.2) is 0 Å². The van der Waals surface area contributed by atoms with Gasteiger partial charge >= 0.3 is 0 Å². The summed E-state index contributed by atoms with van der Waals surface area (Å²) in [5.74, 6) is 0.918. The largest absolute Gasteiger partial charge is 0.351 e. The van der Waals surface area contributed by atoms with Crippen molar-refractivity contribution >= 4 is 5.91 Å². The van der Waals surface area contributed by atoms with Gasteiger partial charge in [-0.1, -0.05) is 0 Å². The number of amides is 1. The third-order valence-corrected chi connectivity index (χ3v) is 3.54. The Morgan fingerprint density at radius 2 is 2.08 bits per heavy atom. The molecule has 1 unspecified atom stereocenters. The predicted molar refractivity (Wildman–Crippen MR) is 51.4 cm³/mol. The first-order valence-corrected chi connectivity index (χ1v) is 5.22. The lowest BCUT2D eigenvalue weighted by Crippen LogP contribution is -2.49. The number of hydrogen-bond donors (Lipinski definition) is 2. The summed E-state index contributed by atoms with van der Waals surface area (Å²) in [6.45, 7) is 4.42. The van der Waals surface area contributed by atoms with Crippen LogP contribution in [0.5, 0.6) is 0 Å². The van der Waals surface area contributed by atoms with Gasteiger partial charge in [-0.2, -0.15) is 0 Å². The van der Waals surface area contributed by atoms with Crippen LogP contribution < -0.4 is 10.6 Å². The molecule has 2 fully saturated rings. The molecule has 2 rings (SSSR count). The van der Waals surface area contributed by atoms with E-state index in [1.807, 2.05) is 0 Å². The fraction of sp³-hybridized carbons (Fsp3) is 0.900. The first-order chi connectivity index (χ1) is 6.21. The van der Waals surface area contributed by atoms with E-state index in [9.17, 15) is 4.79 Å². The van der Waals surface area contributed by atoms with Crippen molar-refractivity contribution in [3.8, 4) is 0 Å². The average molecular weight is 182 g/mol. The van der Waals surface area contributed by atoms with Crippen molar-refractivity contribution in [1.82, 2.24) is 10.6 Å². The van der Waals surface area contributed by atoms with Gasteiger partial charge in [0.05, 0.1) is 0 Å². The fourth-order valence-corrected chi connectivity index (χ4v) is 2.58. The van der Waals surface area contributed by atoms with E-state index in [-0.39, 0.29) is 11.4 Å². The molecule has 1 amide bonds. The maximum Gasteiger partial charge on any atom is 0.220 e. The molecule has 2 aliphatic rings. The summed E-state index contributed by atoms with van der Waals surface area (Å²) in [5, 5.41) is 6.49. The Balaban J connectivity index is 2.01. The van der Waals surface area contributed by atoms with Crippen molar-refractivity contribution in [2.75, 3.05) is 13.1 Å². The topological polar surface area (TPSA) is 41.1 Å². The normalized spacial score (nSPS) is 36.2. The van der Waals surface area contributed by atoms with Gasteiger partial charge in [-0.05, 0) is 45.2 Å². The summed E-state index contributed by atoms with van der Waals surface area (Å²) in [4.78, 5) is 11.2. The molecule has 2 heterocycles. The van der Waals surface area contributed by atoms with Crippen LogP contribution >= 0.6 is 0 Å². The van der Waals surface area contributed by atoms with Crippen LogP contribution in [0.3, 0.4) is 0 Å². The standard InChI is InChI=1S/C10H18N2O/c1-10(5-2-9(13)12-10)8-3-6-11-7-4-8/h8,11H,2-7H2,1H3,(H,12,13). The van der Waals surface area contributed by atoms with Crippen molar-refractivity contribution < 1.29 is 4.79 Å². The Morgan fingerprint density at radius 1 is 1.38 bits per heavy atom. The van der Waals surface area contributed by atoms with E-state index in [0.717, 1.165) is 25.9 Å². The molecule has 3 nitrogen and oxygen atoms in total. The number of nitrogens with one attached hydrogen (secondary N) is 2. The van der Waals surface area contributed by atoms with E-state index in [1.54, 1.807) is 0 Å². The van der Waals surface area contributed by atoms with E-state index in [1.165, 1.54) is 12.8 Å². The van der Waals surface area contributed by atoms with Crippen molar-refractivity contribution in [2.45, 2.75) is 38.1 Å². The lowest BCUT2D eigenvalue weighted by atomic mass is 9.78. The molecule has 0 radical (unpaired) electrons. The van der Waals surface area contributed by atoms with Crippen molar-refractivity contribution in [3.63, 3.8) is 0 Å². The Kier molecular flexibility index (Phi) is 2.28. The summed E-state index contributed by atoms with van der Waals surface area (Å²) in [6, 6.07) is 0. The van der Waals surface area contributed by atoms with Crippen LogP contribution in [0.4, 0.5) is 0 Å². The van der Waals surface area contributed by atoms with Crippen LogP contribution in [-0.4, -0.2) is 24.5 Å². The summed E-state index contributed by atoms with van der Waals surface area (Å²) in [7, 11) is 0. The summed E-state index contributed by atoms with van der Waals surface area (Å²) in [5.41, 5.74) is 0.0964. The number of piperidine rings is 1. The van der Waals surface area contributed by atoms with Gasteiger partial charge in [-0.3, -0.25) is 4.79 Å². The van der Waals surface area contributed by atoms with Crippen LogP contribution in [0.2, 0.25) is 0 Å². The first kappa shape index (κ1) is 9.00. The minimum atomic E-state index is 0.0964. The molecule has 13 heavy (non-hydrogen) atoms. The van der Waals surface area contributed by atoms with Gasteiger partial charge in [0.1, 0.15) is 0 Å². The smallest absolute Gasteiger partial charge is 0.220 e. The molecule has 1 atom stereocenters. The number of rotatable bonds is 1. The number of carbonyl (C=O) groups excluding carboxylic acids is 1. The second-order valence-corrected chi connectivity index (χ2v) is 4.49. The number of hydrogen-bond acceptors (Lipinski definition) is 2. The van der Waals surface area contributed by atoms with Gasteiger partial charge in [0, 0.05) is 12.0 Å². The minimum Gasteiger partial charge on any atom is -0.351 e. The van der Waals surface area contributed by atoms with Crippen LogP contribution in [0.15, 0.2) is 0 Å². The van der Waals surface area contributed by atoms with Crippen LogP contribution in [0.25, 0.3) is 0 Å². The summed E-state index contributed by atoms with van der Waals surface area (Å²) < 4.78 is 0. The molecule has 0 aliphatic carbocycles. The average Bonchev–Trinajstić information content (AvgIpc) is 2.49. The summed E-state index contributed by atoms with van der Waals surface area (Å²) in [6.07, 6.45) is 4.16. The molecule has 0 aromatic rings. The highest BCUT2D eigenvalue weighted by atomic mass is 16.2. The predicted octanol–water partition coefficient (Wildman–Crippen LogP) is 0.655. The zero-order valence-corrected chi connectivity index (χ0v) is 8.23. The summed E-state index contributed by atoms with van der Waals surface area (Å²) >= 11 is 0. The molecular weight excluding hydrogens is 164 g/mol. The zero-order valence-electron chi connectivity index (χ0n) is 8.23. The molecule has 2 N–H and O–H groups in total. The van der Waals surface area contributed by atoms with Crippen LogP contribution in [0, 0.1) is 5.92 Å². The van der Waals surface area contributed by atoms with E-state index in [2.05, 4.69) is 17.6 Å². The molecule has 0 aromatic carbocycles. The van der Waals surface area contributed by atoms with Crippen molar-refractivity contribution in [3.05, 3.63) is 0 Å². The fourth-order valence-electron chi connectivity index (χ4n) is 2.58. The molecule has 74 valence electrons. The van der Waals surface area contributed by atoms with Crippen LogP contribution in [0.1, 0.15) is 32.6 Å². The van der Waals surface area contributed by atoms with Crippen LogP contribution in [-0.2, 0) is 4.79 Å². The molecule has 0 saturated carbocycles. The second kappa shape index (κ2) is 3.29. The molecule has 0 bridgehead atoms. The Labute approximate surface area is 79.3 Å². The van der Waals surface area contributed by atoms with Gasteiger partial charge in [-0.15, -0.1) is 0 Å². The van der Waals surface area contributed by atoms with Gasteiger partial charge < -0.3 is 10.6 Å². The lowest BCUT2D eigenvalue weighted by Gasteiger charge is -2.36. The van der Waals surface area contributed by atoms with Crippen molar-refractivity contribution in [1.29, 1.82) is 0 Å². The molecule has 0 spiro atoms. The SMILES string of the molecule is CC1(C2CCNCC2)CCC(=O)N1. The van der Waals surface area contributed by atoms with E-state index in [4.69, 9.17) is 0 Å². The molecule has 2 saturated heterocycles. The molecule has 2 aliphatic heterocycles. The Hall–Kier alpha value is -0.570. The maximum absolute atomic E-state index is 11.2.